The molecule has 1 saturated heterocycles. The van der Waals surface area contributed by atoms with Crippen molar-refractivity contribution in [2.24, 2.45) is 0 Å². The van der Waals surface area contributed by atoms with Crippen LogP contribution in [0.2, 0.25) is 0 Å². The number of aryl methyl sites for hydroxylation is 1. The molecule has 3 aromatic rings. The van der Waals surface area contributed by atoms with Crippen LogP contribution in [0.5, 0.6) is 0 Å². The van der Waals surface area contributed by atoms with Gasteiger partial charge < -0.3 is 16.0 Å². The summed E-state index contributed by atoms with van der Waals surface area (Å²) in [6.45, 7) is 8.45. The summed E-state index contributed by atoms with van der Waals surface area (Å²) in [6, 6.07) is 17.5. The van der Waals surface area contributed by atoms with E-state index in [-0.39, 0.29) is 0 Å². The fraction of sp³-hybridized carbons (Fsp3) is 0.357. The first-order valence-electron chi connectivity index (χ1n) is 11.9. The van der Waals surface area contributed by atoms with Crippen LogP contribution in [0.1, 0.15) is 42.4 Å². The molecule has 2 heterocycles. The van der Waals surface area contributed by atoms with Crippen molar-refractivity contribution in [1.82, 2.24) is 15.2 Å². The van der Waals surface area contributed by atoms with Crippen molar-refractivity contribution in [2.45, 2.75) is 39.0 Å². The Morgan fingerprint density at radius 3 is 2.67 bits per heavy atom. The van der Waals surface area contributed by atoms with E-state index >= 15 is 0 Å². The molecule has 172 valence electrons. The molecular weight excluding hydrogens is 408 g/mol. The van der Waals surface area contributed by atoms with Crippen molar-refractivity contribution in [3.05, 3.63) is 71.4 Å². The van der Waals surface area contributed by atoms with E-state index in [1.807, 2.05) is 6.20 Å². The van der Waals surface area contributed by atoms with Gasteiger partial charge in [0.2, 0.25) is 6.41 Å². The Hall–Kier alpha value is -3.18. The second-order valence-corrected chi connectivity index (χ2v) is 8.97. The highest BCUT2D eigenvalue weighted by atomic mass is 16.1. The molecule has 0 saturated carbocycles. The third-order valence-electron chi connectivity index (χ3n) is 6.87. The number of piperidine rings is 1. The third kappa shape index (κ3) is 5.42. The number of likely N-dealkylation sites (tertiary alicyclic amines) is 1. The van der Waals surface area contributed by atoms with Crippen LogP contribution in [0, 0.1) is 6.92 Å². The lowest BCUT2D eigenvalue weighted by Gasteiger charge is -2.32. The van der Waals surface area contributed by atoms with Crippen molar-refractivity contribution in [2.75, 3.05) is 31.9 Å². The third-order valence-corrected chi connectivity index (χ3v) is 6.87. The number of rotatable bonds is 8. The number of nitrogens with one attached hydrogen (secondary N) is 1. The molecule has 1 aliphatic heterocycles. The summed E-state index contributed by atoms with van der Waals surface area (Å²) in [5.74, 6) is 1.14. The molecular formula is C28H34N4O. The van der Waals surface area contributed by atoms with Crippen molar-refractivity contribution >= 4 is 12.2 Å². The van der Waals surface area contributed by atoms with Crippen molar-refractivity contribution < 1.29 is 4.79 Å². The quantitative estimate of drug-likeness (QED) is 0.389. The molecule has 0 radical (unpaired) electrons. The van der Waals surface area contributed by atoms with E-state index in [1.54, 1.807) is 0 Å². The summed E-state index contributed by atoms with van der Waals surface area (Å²) < 4.78 is 0. The van der Waals surface area contributed by atoms with Gasteiger partial charge in [0, 0.05) is 30.4 Å². The number of hydrogen-bond acceptors (Lipinski definition) is 4. The zero-order valence-electron chi connectivity index (χ0n) is 19.7. The lowest BCUT2D eigenvalue weighted by Crippen LogP contribution is -2.34. The van der Waals surface area contributed by atoms with Crippen LogP contribution in [-0.4, -0.2) is 42.5 Å². The van der Waals surface area contributed by atoms with E-state index in [0.29, 0.717) is 18.3 Å². The first kappa shape index (κ1) is 23.0. The Kier molecular flexibility index (Phi) is 7.40. The summed E-state index contributed by atoms with van der Waals surface area (Å²) in [5.41, 5.74) is 14.3. The van der Waals surface area contributed by atoms with Crippen LogP contribution < -0.4 is 11.1 Å². The van der Waals surface area contributed by atoms with Crippen LogP contribution in [0.3, 0.4) is 0 Å². The van der Waals surface area contributed by atoms with Gasteiger partial charge in [0.15, 0.2) is 0 Å². The van der Waals surface area contributed by atoms with Crippen LogP contribution in [0.15, 0.2) is 54.7 Å². The van der Waals surface area contributed by atoms with Gasteiger partial charge in [0.25, 0.3) is 0 Å². The lowest BCUT2D eigenvalue weighted by molar-refractivity contribution is -0.109. The minimum Gasteiger partial charge on any atom is -0.383 e. The number of carbonyl (C=O) groups excluding carboxylic acids is 1. The SMILES string of the molecule is CCN1CCCC(c2ccc(-c3cnc(N)c(-c4ccc(C)c(CCNC=O)c4)c3)cc2)C1. The highest BCUT2D eigenvalue weighted by Crippen LogP contribution is 2.33. The van der Waals surface area contributed by atoms with Crippen molar-refractivity contribution in [1.29, 1.82) is 0 Å². The van der Waals surface area contributed by atoms with E-state index < -0.39 is 0 Å². The summed E-state index contributed by atoms with van der Waals surface area (Å²) in [4.78, 5) is 17.6. The molecule has 1 amide bonds. The van der Waals surface area contributed by atoms with E-state index in [0.717, 1.165) is 48.2 Å². The Morgan fingerprint density at radius 2 is 1.91 bits per heavy atom. The molecule has 1 fully saturated rings. The van der Waals surface area contributed by atoms with Crippen LogP contribution in [0.25, 0.3) is 22.3 Å². The molecule has 1 unspecified atom stereocenters. The summed E-state index contributed by atoms with van der Waals surface area (Å²) in [5, 5.41) is 2.74. The number of hydrogen-bond donors (Lipinski definition) is 2. The molecule has 5 nitrogen and oxygen atoms in total. The first-order valence-corrected chi connectivity index (χ1v) is 11.9. The Labute approximate surface area is 197 Å². The van der Waals surface area contributed by atoms with Gasteiger partial charge in [-0.1, -0.05) is 49.4 Å². The molecule has 4 rings (SSSR count). The number of pyridine rings is 1. The number of anilines is 1. The number of carbonyl (C=O) groups is 1. The average Bonchev–Trinajstić information content (AvgIpc) is 2.86. The first-order chi connectivity index (χ1) is 16.1. The molecule has 1 atom stereocenters. The van der Waals surface area contributed by atoms with E-state index in [2.05, 4.69) is 77.6 Å². The maximum atomic E-state index is 10.6. The number of benzene rings is 2. The molecule has 2 aromatic carbocycles. The van der Waals surface area contributed by atoms with Gasteiger partial charge in [-0.3, -0.25) is 4.79 Å². The number of nitrogens with two attached hydrogens (primary N) is 1. The average molecular weight is 443 g/mol. The largest absolute Gasteiger partial charge is 0.383 e. The molecule has 0 spiro atoms. The van der Waals surface area contributed by atoms with Gasteiger partial charge in [-0.15, -0.1) is 0 Å². The zero-order chi connectivity index (χ0) is 23.2. The van der Waals surface area contributed by atoms with Gasteiger partial charge in [-0.2, -0.15) is 0 Å². The second kappa shape index (κ2) is 10.6. The van der Waals surface area contributed by atoms with E-state index in [9.17, 15) is 4.79 Å². The normalized spacial score (nSPS) is 16.5. The maximum absolute atomic E-state index is 10.6. The fourth-order valence-electron chi connectivity index (χ4n) is 4.80. The minimum atomic E-state index is 0.526. The number of nitrogens with zero attached hydrogens (tertiary/aromatic N) is 2. The Bertz CT molecular complexity index is 1090. The van der Waals surface area contributed by atoms with E-state index in [1.165, 1.54) is 36.1 Å². The number of amides is 1. The van der Waals surface area contributed by atoms with Gasteiger partial charge in [0.05, 0.1) is 0 Å². The standard InChI is InChI=1S/C28H34N4O/c1-3-32-14-4-5-25(18-32)21-8-10-22(11-9-21)26-16-27(28(29)31-17-26)24-7-6-20(2)23(15-24)12-13-30-19-33/h6-11,15-17,19,25H,3-5,12-14,18H2,1-2H3,(H2,29,31)(H,30,33). The molecule has 3 N–H and O–H groups in total. The van der Waals surface area contributed by atoms with Crippen molar-refractivity contribution in [3.63, 3.8) is 0 Å². The van der Waals surface area contributed by atoms with E-state index in [4.69, 9.17) is 5.73 Å². The molecule has 5 heteroatoms. The topological polar surface area (TPSA) is 71.2 Å². The highest BCUT2D eigenvalue weighted by molar-refractivity contribution is 5.79. The molecule has 0 aliphatic carbocycles. The Balaban J connectivity index is 1.57. The van der Waals surface area contributed by atoms with Gasteiger partial charge in [0.1, 0.15) is 5.82 Å². The molecule has 0 bridgehead atoms. The number of aromatic nitrogens is 1. The predicted molar refractivity (Wildman–Crippen MR) is 136 cm³/mol. The zero-order valence-corrected chi connectivity index (χ0v) is 19.7. The monoisotopic (exact) mass is 442 g/mol. The summed E-state index contributed by atoms with van der Waals surface area (Å²) >= 11 is 0. The van der Waals surface area contributed by atoms with Crippen molar-refractivity contribution in [3.8, 4) is 22.3 Å². The molecule has 1 aromatic heterocycles. The maximum Gasteiger partial charge on any atom is 0.207 e. The number of likely N-dealkylation sites (N-methyl/N-ethyl adjacent to an activating group) is 1. The van der Waals surface area contributed by atoms with Gasteiger partial charge >= 0.3 is 0 Å². The molecule has 33 heavy (non-hydrogen) atoms. The summed E-state index contributed by atoms with van der Waals surface area (Å²) in [6.07, 6.45) is 5.92. The number of nitrogen functional groups attached to an aromatic ring is 1. The molecule has 1 aliphatic rings. The van der Waals surface area contributed by atoms with Crippen LogP contribution in [0.4, 0.5) is 5.82 Å². The van der Waals surface area contributed by atoms with Gasteiger partial charge in [-0.05, 0) is 79.1 Å². The second-order valence-electron chi connectivity index (χ2n) is 8.97. The lowest BCUT2D eigenvalue weighted by atomic mass is 9.89. The Morgan fingerprint density at radius 1 is 1.12 bits per heavy atom. The van der Waals surface area contributed by atoms with Crippen LogP contribution >= 0.6 is 0 Å². The highest BCUT2D eigenvalue weighted by Gasteiger charge is 2.20. The minimum absolute atomic E-state index is 0.526. The summed E-state index contributed by atoms with van der Waals surface area (Å²) in [7, 11) is 0. The van der Waals surface area contributed by atoms with Gasteiger partial charge in [-0.25, -0.2) is 4.98 Å². The smallest absolute Gasteiger partial charge is 0.207 e. The fourth-order valence-corrected chi connectivity index (χ4v) is 4.80. The van der Waals surface area contributed by atoms with Crippen LogP contribution in [-0.2, 0) is 11.2 Å². The predicted octanol–water partition coefficient (Wildman–Crippen LogP) is 4.79.